The van der Waals surface area contributed by atoms with E-state index in [4.69, 9.17) is 4.42 Å². The molecule has 8 aromatic carbocycles. The van der Waals surface area contributed by atoms with Crippen LogP contribution in [0, 0.1) is 0 Å². The summed E-state index contributed by atoms with van der Waals surface area (Å²) in [6, 6.07) is 66.6. The number of nitrogens with zero attached hydrogens (tertiary/aromatic N) is 1. The van der Waals surface area contributed by atoms with E-state index in [-0.39, 0.29) is 0 Å². The predicted molar refractivity (Wildman–Crippen MR) is 202 cm³/mol. The minimum atomic E-state index is 0.889. The fourth-order valence-corrected chi connectivity index (χ4v) is 6.99. The zero-order valence-corrected chi connectivity index (χ0v) is 26.3. The van der Waals surface area contributed by atoms with Gasteiger partial charge >= 0.3 is 0 Å². The molecule has 0 unspecified atom stereocenters. The maximum atomic E-state index is 6.79. The summed E-state index contributed by atoms with van der Waals surface area (Å²) >= 11 is 0. The standard InChI is InChI=1S/C46H31NO/c1-4-13-32(14-5-1)33-23-25-35(26-24-33)42-31-36-15-10-11-20-41(36)45-44-40(21-12-22-43(44)48-46(42)45)34-27-29-39(30-28-34)47(37-16-6-2-7-17-37)38-18-8-3-9-19-38/h1-31H. The third kappa shape index (κ3) is 4.83. The molecule has 226 valence electrons. The fraction of sp³-hybridized carbons (Fsp3) is 0. The Morgan fingerprint density at radius 2 is 0.875 bits per heavy atom. The summed E-state index contributed by atoms with van der Waals surface area (Å²) in [6.07, 6.45) is 0. The Balaban J connectivity index is 1.20. The summed E-state index contributed by atoms with van der Waals surface area (Å²) in [6.45, 7) is 0. The maximum absolute atomic E-state index is 6.79. The Bertz CT molecular complexity index is 2480. The Kier molecular flexibility index (Phi) is 6.84. The molecule has 0 aliphatic carbocycles. The molecular formula is C46H31NO. The number of furan rings is 1. The van der Waals surface area contributed by atoms with E-state index in [0.717, 1.165) is 61.3 Å². The maximum Gasteiger partial charge on any atom is 0.143 e. The highest BCUT2D eigenvalue weighted by atomic mass is 16.3. The van der Waals surface area contributed by atoms with Crippen LogP contribution >= 0.6 is 0 Å². The number of para-hydroxylation sites is 2. The number of fused-ring (bicyclic) bond motifs is 5. The van der Waals surface area contributed by atoms with Crippen LogP contribution in [0.3, 0.4) is 0 Å². The summed E-state index contributed by atoms with van der Waals surface area (Å²) < 4.78 is 6.79. The van der Waals surface area contributed by atoms with Crippen LogP contribution in [0.15, 0.2) is 192 Å². The van der Waals surface area contributed by atoms with Crippen molar-refractivity contribution in [1.82, 2.24) is 0 Å². The summed E-state index contributed by atoms with van der Waals surface area (Å²) in [5.41, 5.74) is 12.1. The van der Waals surface area contributed by atoms with Crippen LogP contribution in [0.2, 0.25) is 0 Å². The Morgan fingerprint density at radius 3 is 1.56 bits per heavy atom. The second kappa shape index (κ2) is 11.8. The van der Waals surface area contributed by atoms with Crippen molar-refractivity contribution in [1.29, 1.82) is 0 Å². The minimum absolute atomic E-state index is 0.889. The lowest BCUT2D eigenvalue weighted by atomic mass is 9.93. The molecule has 48 heavy (non-hydrogen) atoms. The number of anilines is 3. The molecular weight excluding hydrogens is 583 g/mol. The number of hydrogen-bond acceptors (Lipinski definition) is 2. The molecule has 0 fully saturated rings. The predicted octanol–water partition coefficient (Wildman–Crippen LogP) is 13.2. The second-order valence-electron chi connectivity index (χ2n) is 12.1. The van der Waals surface area contributed by atoms with Gasteiger partial charge in [-0.25, -0.2) is 0 Å². The summed E-state index contributed by atoms with van der Waals surface area (Å²) in [5, 5.41) is 4.68. The van der Waals surface area contributed by atoms with Crippen LogP contribution in [0.1, 0.15) is 0 Å². The number of benzene rings is 8. The first-order valence-corrected chi connectivity index (χ1v) is 16.4. The highest BCUT2D eigenvalue weighted by Gasteiger charge is 2.20. The molecule has 0 amide bonds. The van der Waals surface area contributed by atoms with Gasteiger partial charge in [-0.3, -0.25) is 0 Å². The molecule has 1 heterocycles. The van der Waals surface area contributed by atoms with Crippen LogP contribution in [0.25, 0.3) is 66.1 Å². The smallest absolute Gasteiger partial charge is 0.143 e. The van der Waals surface area contributed by atoms with Gasteiger partial charge in [0.05, 0.1) is 0 Å². The highest BCUT2D eigenvalue weighted by molar-refractivity contribution is 6.25. The van der Waals surface area contributed by atoms with Crippen molar-refractivity contribution in [2.75, 3.05) is 4.90 Å². The fourth-order valence-electron chi connectivity index (χ4n) is 6.99. The Morgan fingerprint density at radius 1 is 0.354 bits per heavy atom. The zero-order chi connectivity index (χ0) is 31.9. The second-order valence-corrected chi connectivity index (χ2v) is 12.1. The van der Waals surface area contributed by atoms with Crippen LogP contribution in [-0.2, 0) is 0 Å². The van der Waals surface area contributed by atoms with E-state index in [1.807, 2.05) is 0 Å². The summed E-state index contributed by atoms with van der Waals surface area (Å²) in [7, 11) is 0. The van der Waals surface area contributed by atoms with Gasteiger partial charge in [0.25, 0.3) is 0 Å². The summed E-state index contributed by atoms with van der Waals surface area (Å²) in [4.78, 5) is 2.29. The number of rotatable bonds is 6. The Hall–Kier alpha value is -6.38. The van der Waals surface area contributed by atoms with Crippen LogP contribution in [0.4, 0.5) is 17.1 Å². The van der Waals surface area contributed by atoms with Crippen molar-refractivity contribution in [3.8, 4) is 33.4 Å². The van der Waals surface area contributed by atoms with Crippen LogP contribution < -0.4 is 4.90 Å². The topological polar surface area (TPSA) is 16.4 Å². The van der Waals surface area contributed by atoms with Gasteiger partial charge < -0.3 is 9.32 Å². The lowest BCUT2D eigenvalue weighted by molar-refractivity contribution is 0.670. The van der Waals surface area contributed by atoms with Gasteiger partial charge in [0.2, 0.25) is 0 Å². The van der Waals surface area contributed by atoms with Gasteiger partial charge in [-0.1, -0.05) is 140 Å². The molecule has 0 N–H and O–H groups in total. The molecule has 2 nitrogen and oxygen atoms in total. The van der Waals surface area contributed by atoms with E-state index < -0.39 is 0 Å². The van der Waals surface area contributed by atoms with E-state index in [0.29, 0.717) is 0 Å². The van der Waals surface area contributed by atoms with Gasteiger partial charge in [-0.15, -0.1) is 0 Å². The molecule has 0 spiro atoms. The van der Waals surface area contributed by atoms with E-state index in [2.05, 4.69) is 193 Å². The van der Waals surface area contributed by atoms with Crippen molar-refractivity contribution in [3.05, 3.63) is 188 Å². The van der Waals surface area contributed by atoms with Gasteiger partial charge in [0.15, 0.2) is 0 Å². The van der Waals surface area contributed by atoms with Gasteiger partial charge in [0, 0.05) is 33.4 Å². The number of hydrogen-bond donors (Lipinski definition) is 0. The van der Waals surface area contributed by atoms with Crippen molar-refractivity contribution < 1.29 is 4.42 Å². The molecule has 0 aliphatic rings. The van der Waals surface area contributed by atoms with Crippen molar-refractivity contribution in [2.24, 2.45) is 0 Å². The molecule has 1 aromatic heterocycles. The Labute approximate surface area is 279 Å². The normalized spacial score (nSPS) is 11.3. The minimum Gasteiger partial charge on any atom is -0.455 e. The molecule has 9 aromatic rings. The zero-order valence-electron chi connectivity index (χ0n) is 26.3. The van der Waals surface area contributed by atoms with Gasteiger partial charge in [-0.2, -0.15) is 0 Å². The molecule has 2 heteroatoms. The van der Waals surface area contributed by atoms with E-state index in [1.165, 1.54) is 21.9 Å². The average molecular weight is 614 g/mol. The molecule has 0 saturated carbocycles. The van der Waals surface area contributed by atoms with Crippen LogP contribution in [0.5, 0.6) is 0 Å². The van der Waals surface area contributed by atoms with E-state index in [1.54, 1.807) is 0 Å². The van der Waals surface area contributed by atoms with E-state index >= 15 is 0 Å². The SMILES string of the molecule is c1ccc(-c2ccc(-c3cc4ccccc4c4c3oc3cccc(-c5ccc(N(c6ccccc6)c6ccccc6)cc5)c34)cc2)cc1. The highest BCUT2D eigenvalue weighted by Crippen LogP contribution is 2.45. The average Bonchev–Trinajstić information content (AvgIpc) is 3.57. The molecule has 0 radical (unpaired) electrons. The lowest BCUT2D eigenvalue weighted by Crippen LogP contribution is -2.09. The molecule has 0 atom stereocenters. The van der Waals surface area contributed by atoms with Gasteiger partial charge in [0.1, 0.15) is 11.2 Å². The van der Waals surface area contributed by atoms with Crippen LogP contribution in [-0.4, -0.2) is 0 Å². The first-order valence-electron chi connectivity index (χ1n) is 16.4. The third-order valence-electron chi connectivity index (χ3n) is 9.26. The largest absolute Gasteiger partial charge is 0.455 e. The van der Waals surface area contributed by atoms with E-state index in [9.17, 15) is 0 Å². The van der Waals surface area contributed by atoms with Crippen molar-refractivity contribution in [2.45, 2.75) is 0 Å². The molecule has 0 saturated heterocycles. The van der Waals surface area contributed by atoms with Crippen molar-refractivity contribution >= 4 is 49.8 Å². The van der Waals surface area contributed by atoms with Crippen molar-refractivity contribution in [3.63, 3.8) is 0 Å². The first-order chi connectivity index (χ1) is 23.8. The third-order valence-corrected chi connectivity index (χ3v) is 9.26. The molecule has 9 rings (SSSR count). The van der Waals surface area contributed by atoms with Gasteiger partial charge in [-0.05, 0) is 87.1 Å². The molecule has 0 aliphatic heterocycles. The first kappa shape index (κ1) is 27.9. The monoisotopic (exact) mass is 613 g/mol. The molecule has 0 bridgehead atoms. The lowest BCUT2D eigenvalue weighted by Gasteiger charge is -2.25. The summed E-state index contributed by atoms with van der Waals surface area (Å²) in [5.74, 6) is 0. The quantitative estimate of drug-likeness (QED) is 0.185.